The maximum atomic E-state index is 10.8. The van der Waals surface area contributed by atoms with Crippen LogP contribution in [0.1, 0.15) is 17.3 Å². The minimum absolute atomic E-state index is 0.0105. The van der Waals surface area contributed by atoms with Gasteiger partial charge in [-0.15, -0.1) is 0 Å². The first-order chi connectivity index (χ1) is 8.00. The number of carboxylic acid groups (broad SMARTS) is 1. The zero-order valence-electron chi connectivity index (χ0n) is 9.16. The van der Waals surface area contributed by atoms with Crippen LogP contribution < -0.4 is 10.6 Å². The lowest BCUT2D eigenvalue weighted by molar-refractivity contribution is -0.118. The number of halogens is 1. The van der Waals surface area contributed by atoms with Crippen LogP contribution in [0.5, 0.6) is 0 Å². The number of rotatable bonds is 5. The predicted molar refractivity (Wildman–Crippen MR) is 63.4 cm³/mol. The van der Waals surface area contributed by atoms with Crippen molar-refractivity contribution in [2.75, 3.05) is 18.4 Å². The van der Waals surface area contributed by atoms with Gasteiger partial charge in [0.1, 0.15) is 5.82 Å². The van der Waals surface area contributed by atoms with Gasteiger partial charge >= 0.3 is 5.97 Å². The van der Waals surface area contributed by atoms with Crippen LogP contribution >= 0.6 is 11.6 Å². The number of aromatic nitrogens is 1. The summed E-state index contributed by atoms with van der Waals surface area (Å²) in [5, 5.41) is 14.4. The van der Waals surface area contributed by atoms with E-state index >= 15 is 0 Å². The molecule has 0 aliphatic carbocycles. The standard InChI is InChI=1S/C10H12ClN3O3/c1-6(15)12-2-3-13-9-4-7(10(16)17)8(11)5-14-9/h4-5H,2-3H2,1H3,(H,12,15)(H,13,14)(H,16,17). The van der Waals surface area contributed by atoms with Crippen LogP contribution in [-0.2, 0) is 4.79 Å². The molecule has 1 aromatic rings. The van der Waals surface area contributed by atoms with Crippen LogP contribution in [0.4, 0.5) is 5.82 Å². The van der Waals surface area contributed by atoms with Gasteiger partial charge in [0.2, 0.25) is 5.91 Å². The van der Waals surface area contributed by atoms with Gasteiger partial charge in [-0.3, -0.25) is 4.79 Å². The van der Waals surface area contributed by atoms with Gasteiger partial charge in [0.25, 0.3) is 0 Å². The number of hydrogen-bond donors (Lipinski definition) is 3. The third-order valence-corrected chi connectivity index (χ3v) is 2.19. The third-order valence-electron chi connectivity index (χ3n) is 1.89. The summed E-state index contributed by atoms with van der Waals surface area (Å²) in [6.07, 6.45) is 1.27. The van der Waals surface area contributed by atoms with E-state index in [0.717, 1.165) is 0 Å². The fraction of sp³-hybridized carbons (Fsp3) is 0.300. The average Bonchev–Trinajstić information content (AvgIpc) is 2.25. The van der Waals surface area contributed by atoms with Crippen molar-refractivity contribution < 1.29 is 14.7 Å². The summed E-state index contributed by atoms with van der Waals surface area (Å²) in [5.41, 5.74) is -0.0105. The van der Waals surface area contributed by atoms with Crippen LogP contribution in [0.25, 0.3) is 0 Å². The normalized spacial score (nSPS) is 9.76. The highest BCUT2D eigenvalue weighted by atomic mass is 35.5. The van der Waals surface area contributed by atoms with Gasteiger partial charge in [-0.05, 0) is 6.07 Å². The molecule has 0 radical (unpaired) electrons. The lowest BCUT2D eigenvalue weighted by Gasteiger charge is -2.07. The molecule has 0 aliphatic heterocycles. The van der Waals surface area contributed by atoms with E-state index in [1.807, 2.05) is 0 Å². The van der Waals surface area contributed by atoms with Crippen molar-refractivity contribution in [1.29, 1.82) is 0 Å². The van der Waals surface area contributed by atoms with Gasteiger partial charge in [-0.1, -0.05) is 11.6 Å². The van der Waals surface area contributed by atoms with Crippen molar-refractivity contribution in [3.05, 3.63) is 22.8 Å². The summed E-state index contributed by atoms with van der Waals surface area (Å²) in [6.45, 7) is 2.30. The van der Waals surface area contributed by atoms with Crippen molar-refractivity contribution in [2.24, 2.45) is 0 Å². The van der Waals surface area contributed by atoms with Gasteiger partial charge < -0.3 is 15.7 Å². The van der Waals surface area contributed by atoms with E-state index in [0.29, 0.717) is 18.9 Å². The number of carboxylic acids is 1. The molecule has 0 unspecified atom stereocenters. The van der Waals surface area contributed by atoms with E-state index in [9.17, 15) is 9.59 Å². The Morgan fingerprint density at radius 1 is 1.47 bits per heavy atom. The van der Waals surface area contributed by atoms with Crippen molar-refractivity contribution in [3.63, 3.8) is 0 Å². The molecule has 0 saturated heterocycles. The Hall–Kier alpha value is -1.82. The summed E-state index contributed by atoms with van der Waals surface area (Å²) in [5.74, 6) is -0.832. The van der Waals surface area contributed by atoms with Crippen LogP contribution in [0.15, 0.2) is 12.3 Å². The molecule has 1 heterocycles. The maximum absolute atomic E-state index is 10.8. The molecule has 3 N–H and O–H groups in total. The molecule has 1 rings (SSSR count). The van der Waals surface area contributed by atoms with E-state index in [-0.39, 0.29) is 16.5 Å². The monoisotopic (exact) mass is 257 g/mol. The summed E-state index contributed by atoms with van der Waals surface area (Å²) in [6, 6.07) is 1.35. The van der Waals surface area contributed by atoms with Crippen LogP contribution in [0, 0.1) is 0 Å². The second kappa shape index (κ2) is 6.05. The molecule has 0 spiro atoms. The van der Waals surface area contributed by atoms with Gasteiger partial charge in [0, 0.05) is 26.2 Å². The molecule has 0 aliphatic rings. The molecule has 0 atom stereocenters. The molecular formula is C10H12ClN3O3. The fourth-order valence-corrected chi connectivity index (χ4v) is 1.31. The first kappa shape index (κ1) is 13.2. The number of hydrogen-bond acceptors (Lipinski definition) is 4. The second-order valence-electron chi connectivity index (χ2n) is 3.26. The first-order valence-corrected chi connectivity index (χ1v) is 5.25. The quantitative estimate of drug-likeness (QED) is 0.684. The number of amides is 1. The van der Waals surface area contributed by atoms with Crippen molar-refractivity contribution in [2.45, 2.75) is 6.92 Å². The molecule has 0 saturated carbocycles. The Morgan fingerprint density at radius 2 is 2.18 bits per heavy atom. The molecule has 17 heavy (non-hydrogen) atoms. The zero-order chi connectivity index (χ0) is 12.8. The Kier molecular flexibility index (Phi) is 4.71. The van der Waals surface area contributed by atoms with Crippen molar-refractivity contribution in [1.82, 2.24) is 10.3 Å². The Labute approximate surface area is 103 Å². The van der Waals surface area contributed by atoms with Crippen molar-refractivity contribution in [3.8, 4) is 0 Å². The largest absolute Gasteiger partial charge is 0.478 e. The topological polar surface area (TPSA) is 91.3 Å². The number of nitrogens with one attached hydrogen (secondary N) is 2. The van der Waals surface area contributed by atoms with Crippen LogP contribution in [0.2, 0.25) is 5.02 Å². The van der Waals surface area contributed by atoms with Crippen LogP contribution in [-0.4, -0.2) is 35.1 Å². The number of anilines is 1. The second-order valence-corrected chi connectivity index (χ2v) is 3.67. The summed E-state index contributed by atoms with van der Waals surface area (Å²) in [4.78, 5) is 25.3. The molecule has 1 aromatic heterocycles. The lowest BCUT2D eigenvalue weighted by Crippen LogP contribution is -2.26. The van der Waals surface area contributed by atoms with Gasteiger partial charge in [0.15, 0.2) is 0 Å². The number of carbonyl (C=O) groups excluding carboxylic acids is 1. The smallest absolute Gasteiger partial charge is 0.337 e. The highest BCUT2D eigenvalue weighted by Gasteiger charge is 2.09. The number of aromatic carboxylic acids is 1. The predicted octanol–water partition coefficient (Wildman–Crippen LogP) is 0.981. The van der Waals surface area contributed by atoms with Crippen LogP contribution in [0.3, 0.4) is 0 Å². The minimum atomic E-state index is -1.11. The number of carbonyl (C=O) groups is 2. The molecule has 0 bridgehead atoms. The highest BCUT2D eigenvalue weighted by molar-refractivity contribution is 6.33. The van der Waals surface area contributed by atoms with E-state index in [1.165, 1.54) is 19.2 Å². The molecular weight excluding hydrogens is 246 g/mol. The molecule has 92 valence electrons. The molecule has 0 aromatic carbocycles. The Morgan fingerprint density at radius 3 is 2.76 bits per heavy atom. The van der Waals surface area contributed by atoms with Gasteiger partial charge in [-0.2, -0.15) is 0 Å². The zero-order valence-corrected chi connectivity index (χ0v) is 9.91. The first-order valence-electron chi connectivity index (χ1n) is 4.88. The third kappa shape index (κ3) is 4.28. The summed E-state index contributed by atoms with van der Waals surface area (Å²) < 4.78 is 0. The SMILES string of the molecule is CC(=O)NCCNc1cc(C(=O)O)c(Cl)cn1. The van der Waals surface area contributed by atoms with E-state index in [4.69, 9.17) is 16.7 Å². The lowest BCUT2D eigenvalue weighted by atomic mass is 10.2. The van der Waals surface area contributed by atoms with Gasteiger partial charge in [-0.25, -0.2) is 9.78 Å². The summed E-state index contributed by atoms with van der Waals surface area (Å²) in [7, 11) is 0. The Bertz CT molecular complexity index is 437. The number of nitrogens with zero attached hydrogens (tertiary/aromatic N) is 1. The fourth-order valence-electron chi connectivity index (χ4n) is 1.13. The Balaban J connectivity index is 2.57. The summed E-state index contributed by atoms with van der Waals surface area (Å²) >= 11 is 5.67. The number of pyridine rings is 1. The average molecular weight is 258 g/mol. The van der Waals surface area contributed by atoms with E-state index in [1.54, 1.807) is 0 Å². The molecule has 1 amide bonds. The maximum Gasteiger partial charge on any atom is 0.337 e. The van der Waals surface area contributed by atoms with Crippen molar-refractivity contribution >= 4 is 29.3 Å². The van der Waals surface area contributed by atoms with E-state index in [2.05, 4.69) is 15.6 Å². The molecule has 7 heteroatoms. The molecule has 6 nitrogen and oxygen atoms in total. The van der Waals surface area contributed by atoms with Gasteiger partial charge in [0.05, 0.1) is 10.6 Å². The minimum Gasteiger partial charge on any atom is -0.478 e. The highest BCUT2D eigenvalue weighted by Crippen LogP contribution is 2.17. The molecule has 0 fully saturated rings. The van der Waals surface area contributed by atoms with E-state index < -0.39 is 5.97 Å².